The van der Waals surface area contributed by atoms with Crippen LogP contribution < -0.4 is 14.8 Å². The highest BCUT2D eigenvalue weighted by Crippen LogP contribution is 2.36. The zero-order chi connectivity index (χ0) is 12.6. The van der Waals surface area contributed by atoms with Gasteiger partial charge >= 0.3 is 0 Å². The van der Waals surface area contributed by atoms with E-state index in [2.05, 4.69) is 5.32 Å². The number of carbonyl (C=O) groups is 1. The second-order valence-electron chi connectivity index (χ2n) is 4.53. The summed E-state index contributed by atoms with van der Waals surface area (Å²) >= 11 is 0. The third-order valence-corrected chi connectivity index (χ3v) is 2.52. The molecule has 0 radical (unpaired) electrons. The Hall–Kier alpha value is -1.75. The van der Waals surface area contributed by atoms with Crippen molar-refractivity contribution in [2.24, 2.45) is 0 Å². The summed E-state index contributed by atoms with van der Waals surface area (Å²) in [6, 6.07) is 3.49. The number of benzene rings is 1. The first-order valence-electron chi connectivity index (χ1n) is 5.32. The minimum atomic E-state index is -1.41. The number of fused-ring (bicyclic) bond motifs is 1. The molecule has 2 rings (SSSR count). The van der Waals surface area contributed by atoms with Gasteiger partial charge in [0.1, 0.15) is 5.60 Å². The van der Waals surface area contributed by atoms with Gasteiger partial charge in [-0.15, -0.1) is 0 Å². The molecule has 0 aromatic heterocycles. The van der Waals surface area contributed by atoms with Crippen LogP contribution in [0.4, 0.5) is 5.69 Å². The largest absolute Gasteiger partial charge is 0.454 e. The second-order valence-corrected chi connectivity index (χ2v) is 4.53. The van der Waals surface area contributed by atoms with Crippen molar-refractivity contribution >= 4 is 11.6 Å². The third kappa shape index (κ3) is 2.34. The summed E-state index contributed by atoms with van der Waals surface area (Å²) in [6.45, 7) is 4.91. The lowest BCUT2D eigenvalue weighted by Gasteiger charge is -2.17. The van der Waals surface area contributed by atoms with E-state index in [-0.39, 0.29) is 6.79 Å². The number of carbonyl (C=O) groups excluding carboxylic acids is 1. The Kier molecular flexibility index (Phi) is 2.71. The number of amides is 1. The van der Waals surface area contributed by atoms with Crippen LogP contribution in [0.25, 0.3) is 0 Å². The van der Waals surface area contributed by atoms with Gasteiger partial charge in [-0.3, -0.25) is 4.79 Å². The summed E-state index contributed by atoms with van der Waals surface area (Å²) in [5.74, 6) is 0.810. The Morgan fingerprint density at radius 2 is 1.94 bits per heavy atom. The summed E-state index contributed by atoms with van der Waals surface area (Å²) in [5.41, 5.74) is 0.0521. The van der Waals surface area contributed by atoms with Crippen molar-refractivity contribution in [2.45, 2.75) is 26.4 Å². The van der Waals surface area contributed by atoms with Crippen molar-refractivity contribution in [1.82, 2.24) is 0 Å². The van der Waals surface area contributed by atoms with Crippen molar-refractivity contribution in [3.63, 3.8) is 0 Å². The lowest BCUT2D eigenvalue weighted by Crippen LogP contribution is -2.36. The fourth-order valence-corrected chi connectivity index (χ4v) is 1.45. The molecule has 0 saturated carbocycles. The third-order valence-electron chi connectivity index (χ3n) is 2.52. The molecule has 1 aromatic rings. The van der Waals surface area contributed by atoms with E-state index in [0.29, 0.717) is 17.2 Å². The molecule has 92 valence electrons. The van der Waals surface area contributed by atoms with Crippen molar-refractivity contribution in [3.05, 3.63) is 17.7 Å². The molecule has 5 nitrogen and oxygen atoms in total. The highest BCUT2D eigenvalue weighted by molar-refractivity contribution is 5.97. The normalized spacial score (nSPS) is 13.6. The molecule has 0 spiro atoms. The first-order chi connectivity index (χ1) is 7.88. The van der Waals surface area contributed by atoms with Gasteiger partial charge in [-0.05, 0) is 32.4 Å². The Morgan fingerprint density at radius 3 is 2.53 bits per heavy atom. The number of aryl methyl sites for hydroxylation is 1. The molecular weight excluding hydrogens is 222 g/mol. The Labute approximate surface area is 99.3 Å². The van der Waals surface area contributed by atoms with Crippen LogP contribution in [0.1, 0.15) is 19.4 Å². The molecule has 0 saturated heterocycles. The Bertz CT molecular complexity index is 462. The molecular formula is C12H15NO4. The van der Waals surface area contributed by atoms with Gasteiger partial charge in [-0.25, -0.2) is 0 Å². The molecule has 0 unspecified atom stereocenters. The van der Waals surface area contributed by atoms with Crippen molar-refractivity contribution in [1.29, 1.82) is 0 Å². The van der Waals surface area contributed by atoms with Crippen LogP contribution in [-0.2, 0) is 4.79 Å². The molecule has 0 atom stereocenters. The number of ether oxygens (including phenoxy) is 2. The second kappa shape index (κ2) is 3.92. The average Bonchev–Trinajstić information content (AvgIpc) is 2.63. The van der Waals surface area contributed by atoms with Crippen LogP contribution in [-0.4, -0.2) is 23.4 Å². The smallest absolute Gasteiger partial charge is 0.255 e. The van der Waals surface area contributed by atoms with Crippen LogP contribution in [0.2, 0.25) is 0 Å². The van der Waals surface area contributed by atoms with Crippen LogP contribution in [0.5, 0.6) is 11.5 Å². The van der Waals surface area contributed by atoms with E-state index in [1.165, 1.54) is 13.8 Å². The fraction of sp³-hybridized carbons (Fsp3) is 0.417. The number of anilines is 1. The van der Waals surface area contributed by atoms with Crippen molar-refractivity contribution in [2.75, 3.05) is 12.1 Å². The summed E-state index contributed by atoms with van der Waals surface area (Å²) in [6.07, 6.45) is 0. The SMILES string of the molecule is Cc1cc2c(cc1NC(=O)C(C)(C)O)OCO2. The van der Waals surface area contributed by atoms with Crippen LogP contribution in [0.3, 0.4) is 0 Å². The number of rotatable bonds is 2. The topological polar surface area (TPSA) is 67.8 Å². The van der Waals surface area contributed by atoms with E-state index in [1.54, 1.807) is 12.1 Å². The molecule has 2 N–H and O–H groups in total. The van der Waals surface area contributed by atoms with Gasteiger partial charge in [0, 0.05) is 11.8 Å². The maximum Gasteiger partial charge on any atom is 0.255 e. The molecule has 1 amide bonds. The summed E-state index contributed by atoms with van der Waals surface area (Å²) < 4.78 is 10.4. The lowest BCUT2D eigenvalue weighted by atomic mass is 10.1. The van der Waals surface area contributed by atoms with Gasteiger partial charge in [0.15, 0.2) is 11.5 Å². The number of nitrogens with one attached hydrogen (secondary N) is 1. The first kappa shape index (κ1) is 11.7. The molecule has 0 fully saturated rings. The van der Waals surface area contributed by atoms with Crippen LogP contribution in [0, 0.1) is 6.92 Å². The molecule has 0 aliphatic carbocycles. The van der Waals surface area contributed by atoms with E-state index >= 15 is 0 Å². The Balaban J connectivity index is 2.25. The van der Waals surface area contributed by atoms with Gasteiger partial charge in [0.25, 0.3) is 5.91 Å². The summed E-state index contributed by atoms with van der Waals surface area (Å²) in [5, 5.41) is 12.2. The minimum Gasteiger partial charge on any atom is -0.454 e. The monoisotopic (exact) mass is 237 g/mol. The predicted molar refractivity (Wildman–Crippen MR) is 62.2 cm³/mol. The molecule has 1 aromatic carbocycles. The van der Waals surface area contributed by atoms with Gasteiger partial charge in [0.2, 0.25) is 6.79 Å². The average molecular weight is 237 g/mol. The Morgan fingerprint density at radius 1 is 1.35 bits per heavy atom. The maximum absolute atomic E-state index is 11.7. The van der Waals surface area contributed by atoms with E-state index in [4.69, 9.17) is 9.47 Å². The molecule has 17 heavy (non-hydrogen) atoms. The highest BCUT2D eigenvalue weighted by Gasteiger charge is 2.25. The van der Waals surface area contributed by atoms with Crippen molar-refractivity contribution < 1.29 is 19.4 Å². The van der Waals surface area contributed by atoms with E-state index in [9.17, 15) is 9.90 Å². The summed E-state index contributed by atoms with van der Waals surface area (Å²) in [7, 11) is 0. The zero-order valence-corrected chi connectivity index (χ0v) is 10.0. The van der Waals surface area contributed by atoms with Gasteiger partial charge in [0.05, 0.1) is 0 Å². The van der Waals surface area contributed by atoms with Gasteiger partial charge < -0.3 is 19.9 Å². The minimum absolute atomic E-state index is 0.192. The van der Waals surface area contributed by atoms with Crippen molar-refractivity contribution in [3.8, 4) is 11.5 Å². The van der Waals surface area contributed by atoms with E-state index in [1.807, 2.05) is 6.92 Å². The number of aliphatic hydroxyl groups is 1. The van der Waals surface area contributed by atoms with Crippen LogP contribution in [0.15, 0.2) is 12.1 Å². The lowest BCUT2D eigenvalue weighted by molar-refractivity contribution is -0.130. The quantitative estimate of drug-likeness (QED) is 0.816. The number of hydrogen-bond acceptors (Lipinski definition) is 4. The molecule has 5 heteroatoms. The van der Waals surface area contributed by atoms with E-state index in [0.717, 1.165) is 5.56 Å². The molecule has 1 aliphatic rings. The maximum atomic E-state index is 11.7. The molecule has 1 aliphatic heterocycles. The summed E-state index contributed by atoms with van der Waals surface area (Å²) in [4.78, 5) is 11.7. The predicted octanol–water partition coefficient (Wildman–Crippen LogP) is 1.43. The zero-order valence-electron chi connectivity index (χ0n) is 10.0. The van der Waals surface area contributed by atoms with Gasteiger partial charge in [-0.2, -0.15) is 0 Å². The van der Waals surface area contributed by atoms with Gasteiger partial charge in [-0.1, -0.05) is 0 Å². The standard InChI is InChI=1S/C12H15NO4/c1-7-4-9-10(17-6-16-9)5-8(7)13-11(14)12(2,3)15/h4-5,15H,6H2,1-3H3,(H,13,14). The van der Waals surface area contributed by atoms with E-state index < -0.39 is 11.5 Å². The first-order valence-corrected chi connectivity index (χ1v) is 5.32. The van der Waals surface area contributed by atoms with Crippen LogP contribution >= 0.6 is 0 Å². The highest BCUT2D eigenvalue weighted by atomic mass is 16.7. The molecule has 0 bridgehead atoms. The number of hydrogen-bond donors (Lipinski definition) is 2. The fourth-order valence-electron chi connectivity index (χ4n) is 1.45. The molecule has 1 heterocycles.